The molecule has 0 spiro atoms. The number of hydrogen-bond donors (Lipinski definition) is 0. The van der Waals surface area contributed by atoms with Crippen LogP contribution in [0.5, 0.6) is 0 Å². The van der Waals surface area contributed by atoms with E-state index in [9.17, 15) is 10.1 Å². The van der Waals surface area contributed by atoms with Crippen LogP contribution in [0.4, 0.5) is 17.1 Å². The number of nitrogens with zero attached hydrogens (tertiary/aromatic N) is 3. The molecule has 2 aliphatic heterocycles. The van der Waals surface area contributed by atoms with Crippen molar-refractivity contribution in [2.75, 3.05) is 18.0 Å². The van der Waals surface area contributed by atoms with Crippen LogP contribution >= 0.6 is 11.3 Å². The zero-order valence-electron chi connectivity index (χ0n) is 26.4. The summed E-state index contributed by atoms with van der Waals surface area (Å²) in [4.78, 5) is 14.7. The number of unbranched alkanes of at least 4 members (excludes halogenated alkanes) is 3. The lowest BCUT2D eigenvalue weighted by Crippen LogP contribution is -2.28. The third-order valence-corrected chi connectivity index (χ3v) is 9.98. The summed E-state index contributed by atoms with van der Waals surface area (Å²) in [6.07, 6.45) is 15.8. The highest BCUT2D eigenvalue weighted by Crippen LogP contribution is 2.49. The summed E-state index contributed by atoms with van der Waals surface area (Å²) in [5, 5.41) is 13.6. The number of nitro benzene ring substituents is 1. The van der Waals surface area contributed by atoms with E-state index in [1.54, 1.807) is 23.5 Å². The van der Waals surface area contributed by atoms with Crippen molar-refractivity contribution in [3.8, 4) is 10.4 Å². The second kappa shape index (κ2) is 12.5. The lowest BCUT2D eigenvalue weighted by molar-refractivity contribution is -0.438. The molecule has 2 aromatic carbocycles. The van der Waals surface area contributed by atoms with Gasteiger partial charge in [-0.25, -0.2) is 0 Å². The molecular formula is C37H44N3O2S+. The normalized spacial score (nSPS) is 17.9. The molecule has 1 aromatic heterocycles. The first-order chi connectivity index (χ1) is 20.6. The van der Waals surface area contributed by atoms with Gasteiger partial charge >= 0.3 is 0 Å². The molecule has 5 rings (SSSR count). The summed E-state index contributed by atoms with van der Waals surface area (Å²) >= 11 is 1.79. The van der Waals surface area contributed by atoms with Gasteiger partial charge in [-0.2, -0.15) is 4.58 Å². The molecule has 0 fully saturated rings. The van der Waals surface area contributed by atoms with Crippen LogP contribution < -0.4 is 4.90 Å². The maximum Gasteiger partial charge on any atom is 0.269 e. The molecule has 0 saturated carbocycles. The van der Waals surface area contributed by atoms with Gasteiger partial charge in [0.05, 0.1) is 10.3 Å². The quantitative estimate of drug-likeness (QED) is 0.0730. The summed E-state index contributed by atoms with van der Waals surface area (Å²) in [6.45, 7) is 15.2. The van der Waals surface area contributed by atoms with Crippen molar-refractivity contribution in [1.82, 2.24) is 0 Å². The van der Waals surface area contributed by atoms with Crippen molar-refractivity contribution in [1.29, 1.82) is 0 Å². The van der Waals surface area contributed by atoms with Crippen LogP contribution in [0.15, 0.2) is 90.0 Å². The average molecular weight is 595 g/mol. The second-order valence-electron chi connectivity index (χ2n) is 12.6. The standard InChI is InChI=1S/C37H44N3O2S/c1-7-9-10-14-23-39-32-21-19-27(33-16-15-24-43-33)25-29(32)36(3,4)35(39)18-13-11-12-17-34-37(5,6)30-26-28(40(41)42)20-22-31(30)38(34)8-2/h11-13,15-22,24-26H,7-10,14,23H2,1-6H3/q+1. The highest BCUT2D eigenvalue weighted by Gasteiger charge is 2.44. The van der Waals surface area contributed by atoms with Crippen molar-refractivity contribution in [3.05, 3.63) is 111 Å². The van der Waals surface area contributed by atoms with Crippen molar-refractivity contribution in [3.63, 3.8) is 0 Å². The lowest BCUT2D eigenvalue weighted by Gasteiger charge is -2.25. The number of nitro groups is 1. The number of non-ortho nitro benzene ring substituents is 1. The molecule has 0 N–H and O–H groups in total. The zero-order chi connectivity index (χ0) is 30.8. The molecule has 0 bridgehead atoms. The molecule has 0 unspecified atom stereocenters. The average Bonchev–Trinajstić information content (AvgIpc) is 3.65. The fourth-order valence-electron chi connectivity index (χ4n) is 6.68. The Morgan fingerprint density at radius 3 is 2.44 bits per heavy atom. The number of fused-ring (bicyclic) bond motifs is 2. The van der Waals surface area contributed by atoms with E-state index < -0.39 is 0 Å². The van der Waals surface area contributed by atoms with Crippen LogP contribution in [-0.4, -0.2) is 28.3 Å². The van der Waals surface area contributed by atoms with Crippen LogP contribution in [0.1, 0.15) is 78.4 Å². The summed E-state index contributed by atoms with van der Waals surface area (Å²) < 4.78 is 2.54. The minimum atomic E-state index is -0.329. The van der Waals surface area contributed by atoms with Gasteiger partial charge in [0, 0.05) is 64.5 Å². The van der Waals surface area contributed by atoms with Gasteiger partial charge < -0.3 is 4.90 Å². The SMILES string of the molecule is CCCCCC[N+]1=C(/C=C/C=C/C=C2\N(CC)c3ccc([N+](=O)[O-])cc3C2(C)C)C(C)(C)c2cc(-c3cccs3)ccc21. The van der Waals surface area contributed by atoms with Crippen LogP contribution in [0.2, 0.25) is 0 Å². The van der Waals surface area contributed by atoms with Crippen molar-refractivity contribution in [2.45, 2.75) is 78.1 Å². The summed E-state index contributed by atoms with van der Waals surface area (Å²) in [6, 6.07) is 16.5. The molecule has 6 heteroatoms. The third kappa shape index (κ3) is 5.77. The zero-order valence-corrected chi connectivity index (χ0v) is 27.2. The van der Waals surface area contributed by atoms with Gasteiger partial charge in [-0.15, -0.1) is 11.3 Å². The van der Waals surface area contributed by atoms with Crippen molar-refractivity contribution in [2.24, 2.45) is 0 Å². The van der Waals surface area contributed by atoms with E-state index in [-0.39, 0.29) is 21.4 Å². The summed E-state index contributed by atoms with van der Waals surface area (Å²) in [5.41, 5.74) is 8.23. The van der Waals surface area contributed by atoms with E-state index in [0.29, 0.717) is 0 Å². The highest BCUT2D eigenvalue weighted by atomic mass is 32.1. The molecule has 0 aliphatic carbocycles. The topological polar surface area (TPSA) is 49.4 Å². The number of likely N-dealkylation sites (N-methyl/N-ethyl adjacent to an activating group) is 1. The fraction of sp³-hybridized carbons (Fsp3) is 0.378. The molecule has 0 amide bonds. The molecule has 2 aliphatic rings. The predicted molar refractivity (Wildman–Crippen MR) is 182 cm³/mol. The number of allylic oxidation sites excluding steroid dienone is 6. The van der Waals surface area contributed by atoms with Crippen molar-refractivity contribution >= 4 is 34.1 Å². The monoisotopic (exact) mass is 594 g/mol. The summed E-state index contributed by atoms with van der Waals surface area (Å²) in [5.74, 6) is 0. The van der Waals surface area contributed by atoms with Crippen LogP contribution in [0, 0.1) is 10.1 Å². The largest absolute Gasteiger partial charge is 0.344 e. The minimum absolute atomic E-state index is 0.112. The second-order valence-corrected chi connectivity index (χ2v) is 13.5. The molecule has 0 atom stereocenters. The Labute approximate surface area is 260 Å². The molecule has 3 heterocycles. The minimum Gasteiger partial charge on any atom is -0.344 e. The Kier molecular flexibility index (Phi) is 8.89. The molecule has 224 valence electrons. The first kappa shape index (κ1) is 30.7. The Morgan fingerprint density at radius 1 is 0.930 bits per heavy atom. The van der Waals surface area contributed by atoms with E-state index in [1.165, 1.54) is 53.1 Å². The first-order valence-corrected chi connectivity index (χ1v) is 16.4. The van der Waals surface area contributed by atoms with Gasteiger partial charge in [0.2, 0.25) is 5.69 Å². The van der Waals surface area contributed by atoms with Gasteiger partial charge in [0.15, 0.2) is 5.71 Å². The first-order valence-electron chi connectivity index (χ1n) is 15.6. The van der Waals surface area contributed by atoms with Gasteiger partial charge in [-0.3, -0.25) is 10.1 Å². The third-order valence-electron chi connectivity index (χ3n) is 9.07. The molecule has 0 saturated heterocycles. The lowest BCUT2D eigenvalue weighted by atomic mass is 9.80. The van der Waals surface area contributed by atoms with Gasteiger partial charge in [-0.05, 0) is 74.0 Å². The molecule has 0 radical (unpaired) electrons. The van der Waals surface area contributed by atoms with E-state index in [2.05, 4.69) is 117 Å². The van der Waals surface area contributed by atoms with Gasteiger partial charge in [0.1, 0.15) is 6.54 Å². The molecule has 43 heavy (non-hydrogen) atoms. The van der Waals surface area contributed by atoms with Crippen LogP contribution in [0.25, 0.3) is 10.4 Å². The van der Waals surface area contributed by atoms with Gasteiger partial charge in [-0.1, -0.05) is 57.9 Å². The Balaban J connectivity index is 1.43. The van der Waals surface area contributed by atoms with Gasteiger partial charge in [0.25, 0.3) is 5.69 Å². The van der Waals surface area contributed by atoms with Crippen molar-refractivity contribution < 1.29 is 9.50 Å². The number of rotatable bonds is 11. The number of hydrogen-bond acceptors (Lipinski definition) is 4. The summed E-state index contributed by atoms with van der Waals surface area (Å²) in [7, 11) is 0. The van der Waals surface area contributed by atoms with Crippen LogP contribution in [0.3, 0.4) is 0 Å². The smallest absolute Gasteiger partial charge is 0.269 e. The Bertz CT molecular complexity index is 1620. The van der Waals surface area contributed by atoms with E-state index >= 15 is 0 Å². The van der Waals surface area contributed by atoms with E-state index in [0.717, 1.165) is 30.0 Å². The Morgan fingerprint density at radius 2 is 1.74 bits per heavy atom. The Hall–Kier alpha value is -3.77. The molecule has 3 aromatic rings. The number of anilines is 1. The molecule has 5 nitrogen and oxygen atoms in total. The van der Waals surface area contributed by atoms with Crippen LogP contribution in [-0.2, 0) is 10.8 Å². The predicted octanol–water partition coefficient (Wildman–Crippen LogP) is 10.1. The maximum absolute atomic E-state index is 11.4. The maximum atomic E-state index is 11.4. The fourth-order valence-corrected chi connectivity index (χ4v) is 7.41. The highest BCUT2D eigenvalue weighted by molar-refractivity contribution is 7.13. The van der Waals surface area contributed by atoms with E-state index in [1.807, 2.05) is 6.07 Å². The number of benzene rings is 2. The number of thiophene rings is 1. The van der Waals surface area contributed by atoms with E-state index in [4.69, 9.17) is 0 Å². The molecular weight excluding hydrogens is 550 g/mol.